The molecule has 0 radical (unpaired) electrons. The average molecular weight is 243 g/mol. The van der Waals surface area contributed by atoms with Crippen molar-refractivity contribution in [1.29, 1.82) is 0 Å². The number of methoxy groups -OCH3 is 1. The summed E-state index contributed by atoms with van der Waals surface area (Å²) < 4.78 is 34.8. The number of benzene rings is 1. The Hall–Kier alpha value is 0.366. The van der Waals surface area contributed by atoms with E-state index in [-0.39, 0.29) is 63.4 Å². The van der Waals surface area contributed by atoms with Gasteiger partial charge < -0.3 is 11.9 Å². The second kappa shape index (κ2) is 5.45. The van der Waals surface area contributed by atoms with E-state index in [1.165, 1.54) is 19.2 Å². The zero-order valence-electron chi connectivity index (χ0n) is 8.89. The molecule has 0 aliphatic carbocycles. The fourth-order valence-corrected chi connectivity index (χ4v) is 1.39. The fourth-order valence-electron chi connectivity index (χ4n) is 0.873. The van der Waals surface area contributed by atoms with Gasteiger partial charge in [-0.25, -0.2) is 0 Å². The van der Waals surface area contributed by atoms with Gasteiger partial charge in [-0.2, -0.15) is 8.42 Å². The molecule has 0 bridgehead atoms. The predicted molar refractivity (Wildman–Crippen MR) is 48.3 cm³/mol. The molecule has 0 atom stereocenters. The van der Waals surface area contributed by atoms with Crippen molar-refractivity contribution in [2.45, 2.75) is 4.90 Å². The number of ether oxygens (including phenoxy) is 1. The van der Waals surface area contributed by atoms with E-state index in [0.717, 1.165) is 6.07 Å². The van der Waals surface area contributed by atoms with Crippen LogP contribution >= 0.6 is 0 Å². The maximum Gasteiger partial charge on any atom is 1.00 e. The molecular formula is C7H10KNO4S. The molecule has 0 heterocycles. The van der Waals surface area contributed by atoms with Crippen molar-refractivity contribution in [3.63, 3.8) is 0 Å². The van der Waals surface area contributed by atoms with Crippen LogP contribution in [0.5, 0.6) is 5.75 Å². The number of hydrogen-bond donors (Lipinski definition) is 2. The smallest absolute Gasteiger partial charge is 1.00 e. The molecule has 0 fully saturated rings. The third-order valence-electron chi connectivity index (χ3n) is 1.50. The first-order valence-electron chi connectivity index (χ1n) is 3.36. The van der Waals surface area contributed by atoms with Gasteiger partial charge in [-0.1, -0.05) is 0 Å². The fraction of sp³-hybridized carbons (Fsp3) is 0.143. The van der Waals surface area contributed by atoms with E-state index in [2.05, 4.69) is 0 Å². The summed E-state index contributed by atoms with van der Waals surface area (Å²) in [5.41, 5.74) is 5.59. The molecule has 0 aliphatic heterocycles. The Labute approximate surface area is 126 Å². The van der Waals surface area contributed by atoms with Gasteiger partial charge in [0.1, 0.15) is 5.75 Å². The standard InChI is InChI=1S/C7H9NO4S.K.H/c1-12-7-3-2-5(4-6(7)8)13(9,10)11;;/h2-4H,8H2,1H3,(H,9,10,11);;/q;+1;-1. The normalized spacial score (nSPS) is 10.4. The van der Waals surface area contributed by atoms with Crippen molar-refractivity contribution in [2.24, 2.45) is 0 Å². The first-order chi connectivity index (χ1) is 5.95. The number of rotatable bonds is 2. The van der Waals surface area contributed by atoms with Crippen molar-refractivity contribution in [2.75, 3.05) is 12.8 Å². The summed E-state index contributed by atoms with van der Waals surface area (Å²) in [7, 11) is -2.77. The summed E-state index contributed by atoms with van der Waals surface area (Å²) in [4.78, 5) is -0.245. The molecule has 7 heteroatoms. The number of anilines is 1. The molecule has 1 aromatic carbocycles. The van der Waals surface area contributed by atoms with Crippen LogP contribution < -0.4 is 61.9 Å². The predicted octanol–water partition coefficient (Wildman–Crippen LogP) is -2.36. The van der Waals surface area contributed by atoms with Gasteiger partial charge in [0.25, 0.3) is 10.1 Å². The van der Waals surface area contributed by atoms with Crippen molar-refractivity contribution in [1.82, 2.24) is 0 Å². The van der Waals surface area contributed by atoms with E-state index in [1.807, 2.05) is 0 Å². The third-order valence-corrected chi connectivity index (χ3v) is 2.35. The minimum absolute atomic E-state index is 0. The van der Waals surface area contributed by atoms with Crippen LogP contribution in [0, 0.1) is 0 Å². The Balaban J connectivity index is 0. The molecule has 74 valence electrons. The van der Waals surface area contributed by atoms with Crippen LogP contribution in [0.2, 0.25) is 0 Å². The second-order valence-electron chi connectivity index (χ2n) is 2.38. The van der Waals surface area contributed by atoms with Gasteiger partial charge in [0.15, 0.2) is 0 Å². The molecule has 0 saturated carbocycles. The summed E-state index contributed by atoms with van der Waals surface area (Å²) in [6.45, 7) is 0. The molecule has 0 aliphatic rings. The van der Waals surface area contributed by atoms with Crippen LogP contribution in [0.1, 0.15) is 1.43 Å². The molecule has 0 spiro atoms. The quantitative estimate of drug-likeness (QED) is 0.344. The molecule has 3 N–H and O–H groups in total. The van der Waals surface area contributed by atoms with Gasteiger partial charge >= 0.3 is 51.4 Å². The second-order valence-corrected chi connectivity index (χ2v) is 3.80. The Morgan fingerprint density at radius 1 is 1.50 bits per heavy atom. The minimum atomic E-state index is -4.19. The van der Waals surface area contributed by atoms with E-state index in [0.29, 0.717) is 5.75 Å². The van der Waals surface area contributed by atoms with E-state index in [9.17, 15) is 8.42 Å². The van der Waals surface area contributed by atoms with Gasteiger partial charge in [-0.05, 0) is 18.2 Å². The van der Waals surface area contributed by atoms with Crippen LogP contribution in [-0.2, 0) is 10.1 Å². The zero-order valence-corrected chi connectivity index (χ0v) is 11.8. The maximum atomic E-state index is 10.6. The topological polar surface area (TPSA) is 89.6 Å². The first kappa shape index (κ1) is 14.4. The van der Waals surface area contributed by atoms with Gasteiger partial charge in [-0.3, -0.25) is 4.55 Å². The summed E-state index contributed by atoms with van der Waals surface area (Å²) in [6.07, 6.45) is 0. The molecule has 1 aromatic rings. The molecule has 0 saturated heterocycles. The Morgan fingerprint density at radius 3 is 2.43 bits per heavy atom. The van der Waals surface area contributed by atoms with Crippen LogP contribution in [0.25, 0.3) is 0 Å². The summed E-state index contributed by atoms with van der Waals surface area (Å²) in [5, 5.41) is 0. The Kier molecular flexibility index (Phi) is 5.59. The van der Waals surface area contributed by atoms with Gasteiger partial charge in [0.05, 0.1) is 17.7 Å². The van der Waals surface area contributed by atoms with Crippen LogP contribution in [-0.4, -0.2) is 20.1 Å². The molecular weight excluding hydrogens is 233 g/mol. The van der Waals surface area contributed by atoms with Gasteiger partial charge in [0, 0.05) is 0 Å². The SMILES string of the molecule is COc1ccc(S(=O)(=O)O)cc1N.[H-].[K+]. The van der Waals surface area contributed by atoms with Crippen molar-refractivity contribution in [3.8, 4) is 5.75 Å². The first-order valence-corrected chi connectivity index (χ1v) is 4.80. The van der Waals surface area contributed by atoms with E-state index >= 15 is 0 Å². The molecule has 1 rings (SSSR count). The maximum absolute atomic E-state index is 10.6. The van der Waals surface area contributed by atoms with E-state index in [1.54, 1.807) is 0 Å². The van der Waals surface area contributed by atoms with E-state index < -0.39 is 10.1 Å². The summed E-state index contributed by atoms with van der Waals surface area (Å²) in [6, 6.07) is 3.72. The van der Waals surface area contributed by atoms with Gasteiger partial charge in [0.2, 0.25) is 0 Å². The number of hydrogen-bond acceptors (Lipinski definition) is 4. The van der Waals surface area contributed by atoms with Crippen LogP contribution in [0.3, 0.4) is 0 Å². The average Bonchev–Trinajstić information content (AvgIpc) is 2.02. The van der Waals surface area contributed by atoms with E-state index in [4.69, 9.17) is 15.0 Å². The minimum Gasteiger partial charge on any atom is -1.00 e. The largest absolute Gasteiger partial charge is 1.00 e. The van der Waals surface area contributed by atoms with Crippen LogP contribution in [0.15, 0.2) is 23.1 Å². The Bertz CT molecular complexity index is 423. The molecule has 5 nitrogen and oxygen atoms in total. The molecule has 0 amide bonds. The molecule has 14 heavy (non-hydrogen) atoms. The summed E-state index contributed by atoms with van der Waals surface area (Å²) >= 11 is 0. The summed E-state index contributed by atoms with van der Waals surface area (Å²) in [5.74, 6) is 0.368. The number of nitrogens with two attached hydrogens (primary N) is 1. The van der Waals surface area contributed by atoms with Crippen molar-refractivity contribution >= 4 is 15.8 Å². The Morgan fingerprint density at radius 2 is 2.07 bits per heavy atom. The number of nitrogen functional groups attached to an aromatic ring is 1. The van der Waals surface area contributed by atoms with Crippen molar-refractivity contribution < 1.29 is 70.5 Å². The van der Waals surface area contributed by atoms with Crippen molar-refractivity contribution in [3.05, 3.63) is 18.2 Å². The van der Waals surface area contributed by atoms with Crippen LogP contribution in [0.4, 0.5) is 5.69 Å². The molecule has 0 unspecified atom stereocenters. The zero-order chi connectivity index (χ0) is 10.1. The molecule has 0 aromatic heterocycles. The monoisotopic (exact) mass is 243 g/mol. The van der Waals surface area contributed by atoms with Gasteiger partial charge in [-0.15, -0.1) is 0 Å². The third kappa shape index (κ3) is 3.50.